The van der Waals surface area contributed by atoms with Crippen LogP contribution in [-0.4, -0.2) is 12.0 Å². The van der Waals surface area contributed by atoms with Crippen molar-refractivity contribution >= 4 is 33.8 Å². The summed E-state index contributed by atoms with van der Waals surface area (Å²) in [5, 5.41) is 4.57. The molecule has 3 rings (SSSR count). The molecule has 1 unspecified atom stereocenters. The van der Waals surface area contributed by atoms with Crippen LogP contribution < -0.4 is 5.32 Å². The summed E-state index contributed by atoms with van der Waals surface area (Å²) >= 11 is 7.65. The second kappa shape index (κ2) is 5.92. The molecule has 2 nitrogen and oxygen atoms in total. The van der Waals surface area contributed by atoms with Gasteiger partial charge >= 0.3 is 0 Å². The van der Waals surface area contributed by atoms with Crippen molar-refractivity contribution in [1.82, 2.24) is 10.3 Å². The SMILES string of the molecule is CNC(Cc1ccc(Cl)s1)c1cccc2cccnc12. The zero-order chi connectivity index (χ0) is 13.9. The molecule has 1 N–H and O–H groups in total. The number of pyridine rings is 1. The number of rotatable bonds is 4. The molecule has 0 aliphatic carbocycles. The molecule has 1 aromatic carbocycles. The Morgan fingerprint density at radius 1 is 1.20 bits per heavy atom. The molecule has 1 atom stereocenters. The molecule has 0 saturated heterocycles. The topological polar surface area (TPSA) is 24.9 Å². The standard InChI is InChI=1S/C16H15ClN2S/c1-18-14(10-12-7-8-15(17)20-12)13-6-2-4-11-5-3-9-19-16(11)13/h2-9,14,18H,10H2,1H3. The van der Waals surface area contributed by atoms with Gasteiger partial charge in [0.1, 0.15) is 0 Å². The fourth-order valence-electron chi connectivity index (χ4n) is 2.44. The summed E-state index contributed by atoms with van der Waals surface area (Å²) in [5.41, 5.74) is 2.30. The molecule has 0 radical (unpaired) electrons. The molecule has 0 saturated carbocycles. The van der Waals surface area contributed by atoms with E-state index in [9.17, 15) is 0 Å². The fourth-order valence-corrected chi connectivity index (χ4v) is 3.57. The highest BCUT2D eigenvalue weighted by atomic mass is 35.5. The Balaban J connectivity index is 1.98. The monoisotopic (exact) mass is 302 g/mol. The highest BCUT2D eigenvalue weighted by Gasteiger charge is 2.14. The van der Waals surface area contributed by atoms with Gasteiger partial charge in [-0.05, 0) is 30.8 Å². The van der Waals surface area contributed by atoms with Crippen molar-refractivity contribution in [2.24, 2.45) is 0 Å². The third-order valence-corrected chi connectivity index (χ3v) is 4.68. The molecule has 3 aromatic rings. The Kier molecular flexibility index (Phi) is 4.01. The van der Waals surface area contributed by atoms with Crippen LogP contribution in [0, 0.1) is 0 Å². The Morgan fingerprint density at radius 2 is 2.05 bits per heavy atom. The summed E-state index contributed by atoms with van der Waals surface area (Å²) in [6.07, 6.45) is 2.77. The van der Waals surface area contributed by atoms with E-state index in [0.29, 0.717) is 0 Å². The van der Waals surface area contributed by atoms with Gasteiger partial charge in [0.15, 0.2) is 0 Å². The van der Waals surface area contributed by atoms with Crippen LogP contribution in [0.1, 0.15) is 16.5 Å². The van der Waals surface area contributed by atoms with Crippen LogP contribution in [0.5, 0.6) is 0 Å². The van der Waals surface area contributed by atoms with E-state index in [2.05, 4.69) is 40.6 Å². The highest BCUT2D eigenvalue weighted by molar-refractivity contribution is 7.16. The number of aromatic nitrogens is 1. The van der Waals surface area contributed by atoms with Crippen molar-refractivity contribution in [3.63, 3.8) is 0 Å². The lowest BCUT2D eigenvalue weighted by molar-refractivity contribution is 0.600. The number of likely N-dealkylation sites (N-methyl/N-ethyl adjacent to an activating group) is 1. The number of hydrogen-bond acceptors (Lipinski definition) is 3. The molecule has 4 heteroatoms. The minimum Gasteiger partial charge on any atom is -0.313 e. The third kappa shape index (κ3) is 2.70. The normalized spacial score (nSPS) is 12.7. The van der Waals surface area contributed by atoms with E-state index in [0.717, 1.165) is 16.3 Å². The fraction of sp³-hybridized carbons (Fsp3) is 0.188. The van der Waals surface area contributed by atoms with E-state index in [1.165, 1.54) is 15.8 Å². The smallest absolute Gasteiger partial charge is 0.0931 e. The number of nitrogens with zero attached hydrogens (tertiary/aromatic N) is 1. The predicted octanol–water partition coefficient (Wildman–Crippen LogP) is 4.45. The van der Waals surface area contributed by atoms with Gasteiger partial charge in [0.05, 0.1) is 9.85 Å². The lowest BCUT2D eigenvalue weighted by Gasteiger charge is -2.17. The summed E-state index contributed by atoms with van der Waals surface area (Å²) in [6.45, 7) is 0. The lowest BCUT2D eigenvalue weighted by Crippen LogP contribution is -2.19. The minimum atomic E-state index is 0.239. The zero-order valence-electron chi connectivity index (χ0n) is 11.1. The Labute approximate surface area is 127 Å². The molecular weight excluding hydrogens is 288 g/mol. The van der Waals surface area contributed by atoms with E-state index in [4.69, 9.17) is 11.6 Å². The van der Waals surface area contributed by atoms with Crippen molar-refractivity contribution < 1.29 is 0 Å². The molecule has 0 aliphatic heterocycles. The number of para-hydroxylation sites is 1. The van der Waals surface area contributed by atoms with E-state index >= 15 is 0 Å². The molecule has 20 heavy (non-hydrogen) atoms. The van der Waals surface area contributed by atoms with Gasteiger partial charge in [-0.3, -0.25) is 4.98 Å². The first-order valence-electron chi connectivity index (χ1n) is 6.53. The minimum absolute atomic E-state index is 0.239. The molecule has 0 amide bonds. The van der Waals surface area contributed by atoms with Crippen LogP contribution in [0.3, 0.4) is 0 Å². The first-order valence-corrected chi connectivity index (χ1v) is 7.72. The molecule has 2 heterocycles. The summed E-state index contributed by atoms with van der Waals surface area (Å²) in [6, 6.07) is 14.7. The third-order valence-electron chi connectivity index (χ3n) is 3.42. The van der Waals surface area contributed by atoms with E-state index < -0.39 is 0 Å². The maximum Gasteiger partial charge on any atom is 0.0931 e. The second-order valence-electron chi connectivity index (χ2n) is 4.67. The first kappa shape index (κ1) is 13.6. The van der Waals surface area contributed by atoms with Crippen LogP contribution in [-0.2, 0) is 6.42 Å². The van der Waals surface area contributed by atoms with Crippen LogP contribution in [0.2, 0.25) is 4.34 Å². The van der Waals surface area contributed by atoms with Crippen LogP contribution in [0.25, 0.3) is 10.9 Å². The maximum absolute atomic E-state index is 6.01. The van der Waals surface area contributed by atoms with Gasteiger partial charge in [-0.15, -0.1) is 11.3 Å². The van der Waals surface area contributed by atoms with E-state index in [-0.39, 0.29) is 6.04 Å². The van der Waals surface area contributed by atoms with Gasteiger partial charge in [-0.25, -0.2) is 0 Å². The largest absolute Gasteiger partial charge is 0.313 e. The van der Waals surface area contributed by atoms with Gasteiger partial charge in [0.25, 0.3) is 0 Å². The van der Waals surface area contributed by atoms with Crippen molar-refractivity contribution in [2.45, 2.75) is 12.5 Å². The maximum atomic E-state index is 6.01. The number of benzene rings is 1. The molecule has 0 spiro atoms. The van der Waals surface area contributed by atoms with Crippen molar-refractivity contribution in [3.05, 3.63) is 63.4 Å². The average molecular weight is 303 g/mol. The van der Waals surface area contributed by atoms with Gasteiger partial charge in [-0.1, -0.05) is 35.9 Å². The molecule has 0 aliphatic rings. The quantitative estimate of drug-likeness (QED) is 0.770. The average Bonchev–Trinajstić information content (AvgIpc) is 2.89. The van der Waals surface area contributed by atoms with Gasteiger partial charge in [0, 0.05) is 28.9 Å². The van der Waals surface area contributed by atoms with Crippen molar-refractivity contribution in [3.8, 4) is 0 Å². The Morgan fingerprint density at radius 3 is 2.80 bits per heavy atom. The van der Waals surface area contributed by atoms with Crippen molar-refractivity contribution in [1.29, 1.82) is 0 Å². The molecular formula is C16H15ClN2S. The van der Waals surface area contributed by atoms with Crippen LogP contribution >= 0.6 is 22.9 Å². The van der Waals surface area contributed by atoms with E-state index in [1.807, 2.05) is 25.4 Å². The number of hydrogen-bond donors (Lipinski definition) is 1. The molecule has 0 bridgehead atoms. The predicted molar refractivity (Wildman–Crippen MR) is 86.6 cm³/mol. The molecule has 102 valence electrons. The summed E-state index contributed by atoms with van der Waals surface area (Å²) in [5.74, 6) is 0. The number of nitrogens with one attached hydrogen (secondary N) is 1. The van der Waals surface area contributed by atoms with Crippen LogP contribution in [0.15, 0.2) is 48.7 Å². The number of halogens is 1. The first-order chi connectivity index (χ1) is 9.78. The Hall–Kier alpha value is -1.42. The zero-order valence-corrected chi connectivity index (χ0v) is 12.7. The number of thiophene rings is 1. The second-order valence-corrected chi connectivity index (χ2v) is 6.47. The van der Waals surface area contributed by atoms with E-state index in [1.54, 1.807) is 11.3 Å². The van der Waals surface area contributed by atoms with Gasteiger partial charge < -0.3 is 5.32 Å². The Bertz CT molecular complexity index is 718. The van der Waals surface area contributed by atoms with Gasteiger partial charge in [-0.2, -0.15) is 0 Å². The molecule has 2 aromatic heterocycles. The van der Waals surface area contributed by atoms with Crippen LogP contribution in [0.4, 0.5) is 0 Å². The summed E-state index contributed by atoms with van der Waals surface area (Å²) < 4.78 is 0.839. The van der Waals surface area contributed by atoms with Crippen molar-refractivity contribution in [2.75, 3.05) is 7.05 Å². The lowest BCUT2D eigenvalue weighted by atomic mass is 10.00. The van der Waals surface area contributed by atoms with Gasteiger partial charge in [0.2, 0.25) is 0 Å². The molecule has 0 fully saturated rings. The summed E-state index contributed by atoms with van der Waals surface area (Å²) in [4.78, 5) is 5.81. The summed E-state index contributed by atoms with van der Waals surface area (Å²) in [7, 11) is 1.99. The highest BCUT2D eigenvalue weighted by Crippen LogP contribution is 2.29. The number of fused-ring (bicyclic) bond motifs is 1.